The lowest BCUT2D eigenvalue weighted by molar-refractivity contribution is -0.139. The Labute approximate surface area is 211 Å². The van der Waals surface area contributed by atoms with Crippen molar-refractivity contribution in [3.63, 3.8) is 0 Å². The van der Waals surface area contributed by atoms with Crippen molar-refractivity contribution < 1.29 is 23.8 Å². The summed E-state index contributed by atoms with van der Waals surface area (Å²) in [4.78, 5) is 12.9. The molecule has 1 N–H and O–H groups in total. The maximum absolute atomic E-state index is 10.8. The maximum atomic E-state index is 10.8. The number of furan rings is 1. The van der Waals surface area contributed by atoms with Gasteiger partial charge in [-0.25, -0.2) is 4.79 Å². The van der Waals surface area contributed by atoms with E-state index in [2.05, 4.69) is 61.5 Å². The van der Waals surface area contributed by atoms with Crippen LogP contribution in [-0.4, -0.2) is 43.3 Å². The van der Waals surface area contributed by atoms with Gasteiger partial charge in [0.05, 0.1) is 0 Å². The summed E-state index contributed by atoms with van der Waals surface area (Å²) >= 11 is 0. The molecule has 0 aliphatic rings. The molecule has 6 heteroatoms. The third-order valence-corrected chi connectivity index (χ3v) is 5.75. The normalized spacial score (nSPS) is 11.8. The van der Waals surface area contributed by atoms with Crippen LogP contribution in [0.3, 0.4) is 0 Å². The molecule has 4 aromatic rings. The van der Waals surface area contributed by atoms with Crippen LogP contribution in [0.1, 0.15) is 28.0 Å². The van der Waals surface area contributed by atoms with Crippen LogP contribution in [0.15, 0.2) is 77.2 Å². The molecule has 1 aromatic heterocycles. The van der Waals surface area contributed by atoms with Gasteiger partial charge in [0.25, 0.3) is 0 Å². The molecule has 0 saturated heterocycles. The first-order valence-corrected chi connectivity index (χ1v) is 11.8. The predicted molar refractivity (Wildman–Crippen MR) is 142 cm³/mol. The molecule has 4 rings (SSSR count). The van der Waals surface area contributed by atoms with Gasteiger partial charge in [0.15, 0.2) is 6.61 Å². The zero-order chi connectivity index (χ0) is 25.7. The number of aliphatic carboxylic acids is 1. The van der Waals surface area contributed by atoms with Crippen LogP contribution >= 0.6 is 0 Å². The summed E-state index contributed by atoms with van der Waals surface area (Å²) in [5.74, 6) is 1.09. The summed E-state index contributed by atoms with van der Waals surface area (Å²) in [6, 6.07) is 22.2. The smallest absolute Gasteiger partial charge is 0.341 e. The average molecular weight is 486 g/mol. The second-order valence-corrected chi connectivity index (χ2v) is 9.08. The molecule has 0 saturated carbocycles. The van der Waals surface area contributed by atoms with Gasteiger partial charge in [0.1, 0.15) is 29.4 Å². The second-order valence-electron chi connectivity index (χ2n) is 9.08. The summed E-state index contributed by atoms with van der Waals surface area (Å²) in [5, 5.41) is 9.89. The molecule has 1 heterocycles. The van der Waals surface area contributed by atoms with Crippen LogP contribution < -0.4 is 9.47 Å². The molecule has 0 atom stereocenters. The Morgan fingerprint density at radius 1 is 0.944 bits per heavy atom. The molecule has 36 heavy (non-hydrogen) atoms. The first-order valence-electron chi connectivity index (χ1n) is 11.8. The highest BCUT2D eigenvalue weighted by Gasteiger charge is 2.10. The number of hydrogen-bond acceptors (Lipinski definition) is 5. The van der Waals surface area contributed by atoms with E-state index in [1.807, 2.05) is 32.0 Å². The number of fused-ring (bicyclic) bond motifs is 1. The van der Waals surface area contributed by atoms with Gasteiger partial charge in [0, 0.05) is 11.9 Å². The topological polar surface area (TPSA) is 72.1 Å². The van der Waals surface area contributed by atoms with Gasteiger partial charge in [-0.1, -0.05) is 30.3 Å². The SMILES string of the molecule is Cc1cc2cc(/C(=C/COc3ccc(OCC(=O)O)c(C)c3)c3ccc(CN(C)C)cc3)ccc2o1. The third kappa shape index (κ3) is 6.34. The Morgan fingerprint density at radius 2 is 1.69 bits per heavy atom. The molecule has 0 radical (unpaired) electrons. The molecular weight excluding hydrogens is 454 g/mol. The quantitative estimate of drug-likeness (QED) is 0.293. The van der Waals surface area contributed by atoms with Crippen LogP contribution in [-0.2, 0) is 11.3 Å². The number of hydrogen-bond donors (Lipinski definition) is 1. The van der Waals surface area contributed by atoms with Gasteiger partial charge in [-0.05, 0) is 98.2 Å². The van der Waals surface area contributed by atoms with E-state index in [9.17, 15) is 4.79 Å². The van der Waals surface area contributed by atoms with Crippen molar-refractivity contribution in [2.24, 2.45) is 0 Å². The minimum absolute atomic E-state index is 0.367. The van der Waals surface area contributed by atoms with E-state index in [4.69, 9.17) is 19.0 Å². The summed E-state index contributed by atoms with van der Waals surface area (Å²) in [6.45, 7) is 4.69. The van der Waals surface area contributed by atoms with Crippen molar-refractivity contribution >= 4 is 22.5 Å². The standard InChI is InChI=1S/C30H31NO5/c1-20-15-26(10-12-28(20)35-19-30(32)33)34-14-13-27(23-7-5-22(6-8-23)18-31(3)4)24-9-11-29-25(17-24)16-21(2)36-29/h5-13,15-17H,14,18-19H2,1-4H3,(H,32,33)/b27-13+. The molecule has 6 nitrogen and oxygen atoms in total. The van der Waals surface area contributed by atoms with Crippen molar-refractivity contribution in [1.82, 2.24) is 4.90 Å². The fourth-order valence-corrected chi connectivity index (χ4v) is 4.14. The highest BCUT2D eigenvalue weighted by atomic mass is 16.5. The zero-order valence-corrected chi connectivity index (χ0v) is 21.1. The number of aryl methyl sites for hydroxylation is 2. The number of rotatable bonds is 10. The van der Waals surface area contributed by atoms with Gasteiger partial charge in [-0.3, -0.25) is 0 Å². The second kappa shape index (κ2) is 11.1. The Bertz CT molecular complexity index is 1380. The highest BCUT2D eigenvalue weighted by molar-refractivity contribution is 5.87. The molecule has 0 bridgehead atoms. The molecule has 3 aromatic carbocycles. The zero-order valence-electron chi connectivity index (χ0n) is 21.1. The Kier molecular flexibility index (Phi) is 7.76. The molecule has 0 aliphatic heterocycles. The molecular formula is C30H31NO5. The highest BCUT2D eigenvalue weighted by Crippen LogP contribution is 2.29. The van der Waals surface area contributed by atoms with E-state index in [1.165, 1.54) is 5.56 Å². The van der Waals surface area contributed by atoms with Gasteiger partial charge in [-0.15, -0.1) is 0 Å². The van der Waals surface area contributed by atoms with E-state index in [-0.39, 0.29) is 6.61 Å². The first kappa shape index (κ1) is 25.1. The molecule has 0 unspecified atom stereocenters. The molecule has 0 amide bonds. The van der Waals surface area contributed by atoms with E-state index in [0.29, 0.717) is 18.1 Å². The van der Waals surface area contributed by atoms with Gasteiger partial charge < -0.3 is 23.9 Å². The van der Waals surface area contributed by atoms with Crippen LogP contribution in [0, 0.1) is 13.8 Å². The number of benzene rings is 3. The largest absolute Gasteiger partial charge is 0.489 e. The van der Waals surface area contributed by atoms with E-state index >= 15 is 0 Å². The van der Waals surface area contributed by atoms with Gasteiger partial charge in [0.2, 0.25) is 0 Å². The lowest BCUT2D eigenvalue weighted by Crippen LogP contribution is -2.10. The van der Waals surface area contributed by atoms with Crippen LogP contribution in [0.4, 0.5) is 0 Å². The number of ether oxygens (including phenoxy) is 2. The van der Waals surface area contributed by atoms with Crippen molar-refractivity contribution in [2.75, 3.05) is 27.3 Å². The van der Waals surface area contributed by atoms with Gasteiger partial charge in [-0.2, -0.15) is 0 Å². The minimum Gasteiger partial charge on any atom is -0.489 e. The fourth-order valence-electron chi connectivity index (χ4n) is 4.14. The fraction of sp³-hybridized carbons (Fsp3) is 0.233. The Morgan fingerprint density at radius 3 is 2.39 bits per heavy atom. The van der Waals surface area contributed by atoms with E-state index < -0.39 is 5.97 Å². The number of carboxylic acids is 1. The monoisotopic (exact) mass is 485 g/mol. The predicted octanol–water partition coefficient (Wildman–Crippen LogP) is 6.09. The van der Waals surface area contributed by atoms with Crippen molar-refractivity contribution in [3.8, 4) is 11.5 Å². The minimum atomic E-state index is -1.01. The van der Waals surface area contributed by atoms with Crippen molar-refractivity contribution in [1.29, 1.82) is 0 Å². The Hall–Kier alpha value is -4.03. The molecule has 0 spiro atoms. The van der Waals surface area contributed by atoms with E-state index in [1.54, 1.807) is 12.1 Å². The van der Waals surface area contributed by atoms with Crippen molar-refractivity contribution in [3.05, 3.63) is 101 Å². The Balaban J connectivity index is 1.58. The third-order valence-electron chi connectivity index (χ3n) is 5.75. The number of carboxylic acid groups (broad SMARTS) is 1. The number of carbonyl (C=O) groups is 1. The summed E-state index contributed by atoms with van der Waals surface area (Å²) < 4.78 is 17.1. The first-order chi connectivity index (χ1) is 17.3. The summed E-state index contributed by atoms with van der Waals surface area (Å²) in [7, 11) is 4.12. The van der Waals surface area contributed by atoms with Gasteiger partial charge >= 0.3 is 5.97 Å². The lowest BCUT2D eigenvalue weighted by atomic mass is 9.96. The summed E-state index contributed by atoms with van der Waals surface area (Å²) in [5.41, 5.74) is 6.20. The molecule has 186 valence electrons. The van der Waals surface area contributed by atoms with Crippen LogP contribution in [0.2, 0.25) is 0 Å². The molecule has 0 aliphatic carbocycles. The van der Waals surface area contributed by atoms with E-state index in [0.717, 1.165) is 45.5 Å². The van der Waals surface area contributed by atoms with Crippen molar-refractivity contribution in [2.45, 2.75) is 20.4 Å². The number of nitrogens with zero attached hydrogens (tertiary/aromatic N) is 1. The average Bonchev–Trinajstić information content (AvgIpc) is 3.21. The lowest BCUT2D eigenvalue weighted by Gasteiger charge is -2.13. The maximum Gasteiger partial charge on any atom is 0.341 e. The van der Waals surface area contributed by atoms with Crippen LogP contribution in [0.5, 0.6) is 11.5 Å². The van der Waals surface area contributed by atoms with Crippen LogP contribution in [0.25, 0.3) is 16.5 Å². The summed E-state index contributed by atoms with van der Waals surface area (Å²) in [6.07, 6.45) is 2.08. The molecule has 0 fully saturated rings.